The number of anilines is 1. The number of carbonyl (C=O) groups excluding carboxylic acids is 3. The fraction of sp³-hybridized carbons (Fsp3) is 0.432. The Kier molecular flexibility index (Phi) is 11.0. The van der Waals surface area contributed by atoms with Gasteiger partial charge in [-0.05, 0) is 59.6 Å². The van der Waals surface area contributed by atoms with Crippen LogP contribution in [-0.2, 0) is 22.7 Å². The van der Waals surface area contributed by atoms with E-state index in [9.17, 15) is 18.8 Å². The molecule has 5 rings (SSSR count). The monoisotopic (exact) mass is 615 g/mol. The Morgan fingerprint density at radius 3 is 2.18 bits per heavy atom. The van der Waals surface area contributed by atoms with Gasteiger partial charge in [-0.25, -0.2) is 9.18 Å². The minimum atomic E-state index is -0.871. The molecule has 2 fully saturated rings. The molecule has 0 bridgehead atoms. The van der Waals surface area contributed by atoms with E-state index < -0.39 is 11.6 Å². The number of ether oxygens (including phenoxy) is 1. The molecule has 0 radical (unpaired) electrons. The van der Waals surface area contributed by atoms with Crippen molar-refractivity contribution >= 4 is 24.0 Å². The summed E-state index contributed by atoms with van der Waals surface area (Å²) in [6.45, 7) is 12.9. The van der Waals surface area contributed by atoms with Gasteiger partial charge in [0.25, 0.3) is 0 Å². The molecule has 2 aliphatic heterocycles. The third kappa shape index (κ3) is 8.10. The molecule has 0 saturated carbocycles. The number of nitrogens with zero attached hydrogens (tertiary/aromatic N) is 3. The molecule has 0 aromatic heterocycles. The van der Waals surface area contributed by atoms with Crippen molar-refractivity contribution in [3.63, 3.8) is 0 Å². The van der Waals surface area contributed by atoms with Gasteiger partial charge in [-0.15, -0.1) is 0 Å². The topological polar surface area (TPSA) is 70.2 Å². The minimum Gasteiger partial charge on any atom is -0.445 e. The summed E-state index contributed by atoms with van der Waals surface area (Å²) in [7, 11) is 0. The molecule has 240 valence electrons. The molecule has 2 heterocycles. The molecule has 8 heteroatoms. The number of hydrogen-bond donors (Lipinski definition) is 0. The second kappa shape index (κ2) is 14.7. The third-order valence-corrected chi connectivity index (χ3v) is 9.34. The van der Waals surface area contributed by atoms with Crippen LogP contribution in [0.4, 0.5) is 14.9 Å². The van der Waals surface area contributed by atoms with E-state index in [4.69, 9.17) is 4.74 Å². The van der Waals surface area contributed by atoms with Crippen LogP contribution >= 0.6 is 0 Å². The molecule has 2 amide bonds. The maximum Gasteiger partial charge on any atom is 0.410 e. The van der Waals surface area contributed by atoms with Crippen LogP contribution in [0.15, 0.2) is 78.9 Å². The Labute approximate surface area is 267 Å². The van der Waals surface area contributed by atoms with Gasteiger partial charge in [-0.3, -0.25) is 9.59 Å². The summed E-state index contributed by atoms with van der Waals surface area (Å²) in [5.41, 5.74) is 2.59. The van der Waals surface area contributed by atoms with Gasteiger partial charge in [0.05, 0.1) is 6.67 Å². The SMILES string of the molecule is CCC(C)C(C)(C)C.O=Cc1ccccc1CN1CN(c2ccc(F)cc2)C2(CCN(C(=O)OCc3ccccc3)CC2)C1=O. The van der Waals surface area contributed by atoms with Gasteiger partial charge < -0.3 is 19.4 Å². The molecule has 45 heavy (non-hydrogen) atoms. The summed E-state index contributed by atoms with van der Waals surface area (Å²) < 4.78 is 19.2. The first-order valence-corrected chi connectivity index (χ1v) is 15.8. The number of piperidine rings is 1. The van der Waals surface area contributed by atoms with E-state index in [2.05, 4.69) is 34.6 Å². The van der Waals surface area contributed by atoms with Crippen LogP contribution in [0.2, 0.25) is 0 Å². The highest BCUT2D eigenvalue weighted by Gasteiger charge is 2.54. The summed E-state index contributed by atoms with van der Waals surface area (Å²) in [5, 5.41) is 0. The van der Waals surface area contributed by atoms with Crippen LogP contribution in [0, 0.1) is 17.2 Å². The van der Waals surface area contributed by atoms with Crippen LogP contribution in [0.5, 0.6) is 0 Å². The summed E-state index contributed by atoms with van der Waals surface area (Å²) in [5.74, 6) is 0.438. The van der Waals surface area contributed by atoms with Crippen LogP contribution in [0.3, 0.4) is 0 Å². The first kappa shape index (κ1) is 33.7. The molecule has 1 atom stereocenters. The number of carbonyl (C=O) groups is 3. The number of rotatable bonds is 7. The van der Waals surface area contributed by atoms with Crippen LogP contribution in [0.1, 0.15) is 75.4 Å². The number of benzene rings is 3. The van der Waals surface area contributed by atoms with Crippen LogP contribution < -0.4 is 4.90 Å². The Balaban J connectivity index is 0.000000510. The van der Waals surface area contributed by atoms with Gasteiger partial charge in [0.1, 0.15) is 24.2 Å². The Bertz CT molecular complexity index is 1430. The first-order valence-electron chi connectivity index (χ1n) is 15.8. The second-order valence-electron chi connectivity index (χ2n) is 13.1. The quantitative estimate of drug-likeness (QED) is 0.255. The molecule has 2 saturated heterocycles. The number of hydrogen-bond acceptors (Lipinski definition) is 5. The molecule has 1 spiro atoms. The maximum atomic E-state index is 13.9. The smallest absolute Gasteiger partial charge is 0.410 e. The second-order valence-corrected chi connectivity index (χ2v) is 13.1. The molecule has 1 unspecified atom stereocenters. The number of aldehydes is 1. The summed E-state index contributed by atoms with van der Waals surface area (Å²) >= 11 is 0. The molecule has 3 aromatic carbocycles. The molecule has 3 aromatic rings. The van der Waals surface area contributed by atoms with Gasteiger partial charge in [0.2, 0.25) is 5.91 Å². The van der Waals surface area contributed by atoms with Gasteiger partial charge in [0.15, 0.2) is 0 Å². The Morgan fingerprint density at radius 2 is 1.60 bits per heavy atom. The van der Waals surface area contributed by atoms with E-state index >= 15 is 0 Å². The van der Waals surface area contributed by atoms with Crippen molar-refractivity contribution in [3.05, 3.63) is 101 Å². The van der Waals surface area contributed by atoms with E-state index in [0.29, 0.717) is 43.6 Å². The molecular weight excluding hydrogens is 569 g/mol. The van der Waals surface area contributed by atoms with Crippen molar-refractivity contribution < 1.29 is 23.5 Å². The standard InChI is InChI=1S/C29H28FN3O4.C8H18/c30-25-10-12-26(13-11-25)33-21-32(18-23-8-4-5-9-24(23)19-34)27(35)29(33)14-16-31(17-15-29)28(36)37-20-22-6-2-1-3-7-22;1-6-7(2)8(3,4)5/h1-13,19H,14-18,20-21H2;7H,6H2,1-5H3. The lowest BCUT2D eigenvalue weighted by molar-refractivity contribution is -0.134. The average Bonchev–Trinajstić information content (AvgIpc) is 3.30. The van der Waals surface area contributed by atoms with Gasteiger partial charge in [-0.1, -0.05) is 95.6 Å². The molecular formula is C37H46FN3O4. The number of halogens is 1. The van der Waals surface area contributed by atoms with E-state index in [1.807, 2.05) is 47.4 Å². The predicted octanol–water partition coefficient (Wildman–Crippen LogP) is 7.69. The zero-order valence-electron chi connectivity index (χ0n) is 27.2. The van der Waals surface area contributed by atoms with Gasteiger partial charge in [0, 0.05) is 30.9 Å². The fourth-order valence-electron chi connectivity index (χ4n) is 5.82. The first-order chi connectivity index (χ1) is 21.5. The summed E-state index contributed by atoms with van der Waals surface area (Å²) in [6.07, 6.45) is 2.51. The molecule has 0 N–H and O–H groups in total. The number of likely N-dealkylation sites (tertiary alicyclic amines) is 1. The Morgan fingerprint density at radius 1 is 0.978 bits per heavy atom. The van der Waals surface area contributed by atoms with Crippen molar-refractivity contribution in [1.29, 1.82) is 0 Å². The highest BCUT2D eigenvalue weighted by Crippen LogP contribution is 2.40. The van der Waals surface area contributed by atoms with Gasteiger partial charge in [-0.2, -0.15) is 0 Å². The summed E-state index contributed by atoms with van der Waals surface area (Å²) in [6, 6.07) is 22.8. The van der Waals surface area contributed by atoms with Crippen LogP contribution in [-0.4, -0.2) is 53.4 Å². The van der Waals surface area contributed by atoms with Crippen molar-refractivity contribution in [2.75, 3.05) is 24.7 Å². The highest BCUT2D eigenvalue weighted by atomic mass is 19.1. The average molecular weight is 616 g/mol. The number of amides is 2. The molecule has 0 aliphatic carbocycles. The lowest BCUT2D eigenvalue weighted by Gasteiger charge is -2.42. The lowest BCUT2D eigenvalue weighted by atomic mass is 9.81. The Hall–Kier alpha value is -4.20. The highest BCUT2D eigenvalue weighted by molar-refractivity contribution is 5.94. The van der Waals surface area contributed by atoms with Crippen molar-refractivity contribution in [1.82, 2.24) is 9.80 Å². The van der Waals surface area contributed by atoms with Crippen molar-refractivity contribution in [3.8, 4) is 0 Å². The van der Waals surface area contributed by atoms with Gasteiger partial charge >= 0.3 is 6.09 Å². The van der Waals surface area contributed by atoms with E-state index in [-0.39, 0.29) is 24.9 Å². The fourth-order valence-corrected chi connectivity index (χ4v) is 5.82. The maximum absolute atomic E-state index is 13.9. The summed E-state index contributed by atoms with van der Waals surface area (Å²) in [4.78, 5) is 43.6. The largest absolute Gasteiger partial charge is 0.445 e. The van der Waals surface area contributed by atoms with E-state index in [0.717, 1.165) is 29.0 Å². The normalized spacial score (nSPS) is 16.7. The minimum absolute atomic E-state index is 0.0603. The lowest BCUT2D eigenvalue weighted by Crippen LogP contribution is -2.57. The van der Waals surface area contributed by atoms with Crippen molar-refractivity contribution in [2.45, 2.75) is 72.6 Å². The van der Waals surface area contributed by atoms with E-state index in [1.165, 1.54) is 18.6 Å². The predicted molar refractivity (Wildman–Crippen MR) is 175 cm³/mol. The molecule has 7 nitrogen and oxygen atoms in total. The molecule has 2 aliphatic rings. The zero-order valence-corrected chi connectivity index (χ0v) is 27.2. The van der Waals surface area contributed by atoms with E-state index in [1.54, 1.807) is 34.1 Å². The third-order valence-electron chi connectivity index (χ3n) is 9.34. The van der Waals surface area contributed by atoms with Crippen molar-refractivity contribution in [2.24, 2.45) is 11.3 Å². The zero-order chi connectivity index (χ0) is 32.6. The van der Waals surface area contributed by atoms with Crippen LogP contribution in [0.25, 0.3) is 0 Å².